The number of anilines is 1. The number of sulfonamides is 1. The Hall–Kier alpha value is -2.78. The normalized spacial score (nSPS) is 12.1. The Labute approximate surface area is 200 Å². The summed E-state index contributed by atoms with van der Waals surface area (Å²) in [6.45, 7) is 3.14. The quantitative estimate of drug-likeness (QED) is 0.546. The van der Waals surface area contributed by atoms with Crippen molar-refractivity contribution in [3.05, 3.63) is 58.6 Å². The molecule has 33 heavy (non-hydrogen) atoms. The molecule has 0 saturated carbocycles. The number of rotatable bonds is 10. The maximum atomic E-state index is 13.5. The van der Waals surface area contributed by atoms with E-state index in [0.717, 1.165) is 16.1 Å². The molecule has 0 bridgehead atoms. The van der Waals surface area contributed by atoms with Crippen LogP contribution < -0.4 is 14.4 Å². The Bertz CT molecular complexity index is 1090. The van der Waals surface area contributed by atoms with Crippen LogP contribution in [0.1, 0.15) is 24.5 Å². The van der Waals surface area contributed by atoms with E-state index in [1.165, 1.54) is 11.9 Å². The molecule has 0 radical (unpaired) electrons. The van der Waals surface area contributed by atoms with Crippen LogP contribution in [-0.2, 0) is 26.2 Å². The Morgan fingerprint density at radius 2 is 1.79 bits per heavy atom. The van der Waals surface area contributed by atoms with Crippen LogP contribution in [0.4, 0.5) is 5.69 Å². The molecule has 8 nitrogen and oxygen atoms in total. The summed E-state index contributed by atoms with van der Waals surface area (Å²) in [6, 6.07) is 11.2. The SMILES string of the molecule is CC[C@H](C(=O)NC)N(Cc1ccc(OC)cc1)C(=O)CN(c1cccc(Cl)c1C)S(C)(=O)=O. The highest BCUT2D eigenvalue weighted by Crippen LogP contribution is 2.28. The van der Waals surface area contributed by atoms with Gasteiger partial charge in [-0.15, -0.1) is 0 Å². The van der Waals surface area contributed by atoms with Crippen molar-refractivity contribution in [1.29, 1.82) is 0 Å². The number of methoxy groups -OCH3 is 1. The minimum atomic E-state index is -3.82. The molecule has 10 heteroatoms. The first-order valence-corrected chi connectivity index (χ1v) is 12.6. The number of benzene rings is 2. The fraction of sp³-hybridized carbons (Fsp3) is 0.391. The number of ether oxygens (including phenoxy) is 1. The van der Waals surface area contributed by atoms with Crippen molar-refractivity contribution >= 4 is 39.1 Å². The van der Waals surface area contributed by atoms with Crippen LogP contribution in [-0.4, -0.2) is 58.1 Å². The lowest BCUT2D eigenvalue weighted by molar-refractivity contribution is -0.140. The van der Waals surface area contributed by atoms with E-state index >= 15 is 0 Å². The Kier molecular flexibility index (Phi) is 9.13. The molecule has 2 rings (SSSR count). The third-order valence-corrected chi connectivity index (χ3v) is 6.87. The third-order valence-electron chi connectivity index (χ3n) is 5.33. The molecular formula is C23H30ClN3O5S. The number of amides is 2. The predicted octanol–water partition coefficient (Wildman–Crippen LogP) is 2.98. The van der Waals surface area contributed by atoms with Crippen molar-refractivity contribution in [3.8, 4) is 5.75 Å². The van der Waals surface area contributed by atoms with Gasteiger partial charge in [-0.3, -0.25) is 13.9 Å². The molecule has 0 aliphatic carbocycles. The van der Waals surface area contributed by atoms with Crippen LogP contribution in [0.15, 0.2) is 42.5 Å². The highest BCUT2D eigenvalue weighted by Gasteiger charge is 2.31. The summed E-state index contributed by atoms with van der Waals surface area (Å²) in [5.41, 5.74) is 1.63. The first-order valence-electron chi connectivity index (χ1n) is 10.4. The van der Waals surface area contributed by atoms with Gasteiger partial charge in [0.05, 0.1) is 19.1 Å². The van der Waals surface area contributed by atoms with E-state index in [0.29, 0.717) is 28.4 Å². The number of halogens is 1. The van der Waals surface area contributed by atoms with Gasteiger partial charge in [0.1, 0.15) is 18.3 Å². The zero-order chi connectivity index (χ0) is 24.8. The minimum absolute atomic E-state index is 0.126. The summed E-state index contributed by atoms with van der Waals surface area (Å²) < 4.78 is 31.5. The van der Waals surface area contributed by atoms with Gasteiger partial charge in [0, 0.05) is 18.6 Å². The Morgan fingerprint density at radius 3 is 2.30 bits per heavy atom. The van der Waals surface area contributed by atoms with E-state index in [1.54, 1.807) is 63.4 Å². The van der Waals surface area contributed by atoms with Gasteiger partial charge in [0.2, 0.25) is 21.8 Å². The second-order valence-electron chi connectivity index (χ2n) is 7.56. The number of carbonyl (C=O) groups is 2. The molecule has 0 fully saturated rings. The summed E-state index contributed by atoms with van der Waals surface area (Å²) in [5, 5.41) is 2.97. The summed E-state index contributed by atoms with van der Waals surface area (Å²) in [4.78, 5) is 27.5. The average molecular weight is 496 g/mol. The van der Waals surface area contributed by atoms with Crippen molar-refractivity contribution in [1.82, 2.24) is 10.2 Å². The second-order valence-corrected chi connectivity index (χ2v) is 9.88. The lowest BCUT2D eigenvalue weighted by Crippen LogP contribution is -2.51. The molecule has 1 N–H and O–H groups in total. The zero-order valence-electron chi connectivity index (χ0n) is 19.5. The molecule has 0 aromatic heterocycles. The van der Waals surface area contributed by atoms with Crippen molar-refractivity contribution < 1.29 is 22.7 Å². The van der Waals surface area contributed by atoms with Gasteiger partial charge in [0.15, 0.2) is 0 Å². The molecule has 0 saturated heterocycles. The monoisotopic (exact) mass is 495 g/mol. The first-order chi connectivity index (χ1) is 15.5. The van der Waals surface area contributed by atoms with Gasteiger partial charge in [-0.1, -0.05) is 36.7 Å². The molecule has 2 aromatic rings. The van der Waals surface area contributed by atoms with Crippen LogP contribution in [0.25, 0.3) is 0 Å². The van der Waals surface area contributed by atoms with E-state index in [9.17, 15) is 18.0 Å². The minimum Gasteiger partial charge on any atom is -0.497 e. The lowest BCUT2D eigenvalue weighted by atomic mass is 10.1. The fourth-order valence-electron chi connectivity index (χ4n) is 3.47. The molecule has 1 atom stereocenters. The van der Waals surface area contributed by atoms with E-state index in [4.69, 9.17) is 16.3 Å². The molecule has 0 aliphatic rings. The molecule has 0 spiro atoms. The van der Waals surface area contributed by atoms with Gasteiger partial charge in [0.25, 0.3) is 0 Å². The number of nitrogens with one attached hydrogen (secondary N) is 1. The van der Waals surface area contributed by atoms with Crippen LogP contribution in [0.3, 0.4) is 0 Å². The smallest absolute Gasteiger partial charge is 0.244 e. The largest absolute Gasteiger partial charge is 0.497 e. The molecule has 0 heterocycles. The van der Waals surface area contributed by atoms with Crippen molar-refractivity contribution in [2.45, 2.75) is 32.9 Å². The van der Waals surface area contributed by atoms with Gasteiger partial charge in [-0.05, 0) is 48.7 Å². The number of carbonyl (C=O) groups excluding carboxylic acids is 2. The highest BCUT2D eigenvalue weighted by atomic mass is 35.5. The second kappa shape index (κ2) is 11.4. The van der Waals surface area contributed by atoms with Crippen molar-refractivity contribution in [2.75, 3.05) is 31.3 Å². The Balaban J connectivity index is 2.46. The van der Waals surface area contributed by atoms with Crippen LogP contribution in [0.5, 0.6) is 5.75 Å². The van der Waals surface area contributed by atoms with Gasteiger partial charge >= 0.3 is 0 Å². The van der Waals surface area contributed by atoms with E-state index < -0.39 is 28.5 Å². The lowest BCUT2D eigenvalue weighted by Gasteiger charge is -2.33. The van der Waals surface area contributed by atoms with Gasteiger partial charge in [-0.2, -0.15) is 0 Å². The summed E-state index contributed by atoms with van der Waals surface area (Å²) in [6.07, 6.45) is 1.39. The highest BCUT2D eigenvalue weighted by molar-refractivity contribution is 7.92. The topological polar surface area (TPSA) is 96.0 Å². The van der Waals surface area contributed by atoms with E-state index in [2.05, 4.69) is 5.32 Å². The van der Waals surface area contributed by atoms with E-state index in [1.807, 2.05) is 0 Å². The standard InChI is InChI=1S/C23H30ClN3O5S/c1-6-20(23(29)25-3)26(14-17-10-12-18(32-4)13-11-17)22(28)15-27(33(5,30)31)21-9-7-8-19(24)16(21)2/h7-13,20H,6,14-15H2,1-5H3,(H,25,29)/t20-/m1/s1. The zero-order valence-corrected chi connectivity index (χ0v) is 21.0. The van der Waals surface area contributed by atoms with Crippen molar-refractivity contribution in [2.24, 2.45) is 0 Å². The van der Waals surface area contributed by atoms with Crippen LogP contribution in [0, 0.1) is 6.92 Å². The van der Waals surface area contributed by atoms with Crippen LogP contribution >= 0.6 is 11.6 Å². The molecule has 0 unspecified atom stereocenters. The first kappa shape index (κ1) is 26.5. The predicted molar refractivity (Wildman–Crippen MR) is 130 cm³/mol. The van der Waals surface area contributed by atoms with E-state index in [-0.39, 0.29) is 12.5 Å². The summed E-state index contributed by atoms with van der Waals surface area (Å²) in [5.74, 6) is -0.176. The van der Waals surface area contributed by atoms with Gasteiger partial charge < -0.3 is 15.0 Å². The van der Waals surface area contributed by atoms with Crippen molar-refractivity contribution in [3.63, 3.8) is 0 Å². The maximum Gasteiger partial charge on any atom is 0.244 e. The maximum absolute atomic E-state index is 13.5. The summed E-state index contributed by atoms with van der Waals surface area (Å²) >= 11 is 6.19. The molecule has 0 aliphatic heterocycles. The van der Waals surface area contributed by atoms with Gasteiger partial charge in [-0.25, -0.2) is 8.42 Å². The number of likely N-dealkylation sites (N-methyl/N-ethyl adjacent to an activating group) is 1. The van der Waals surface area contributed by atoms with Crippen LogP contribution in [0.2, 0.25) is 5.02 Å². The molecule has 180 valence electrons. The summed E-state index contributed by atoms with van der Waals surface area (Å²) in [7, 11) is -0.760. The third kappa shape index (κ3) is 6.61. The fourth-order valence-corrected chi connectivity index (χ4v) is 4.54. The Morgan fingerprint density at radius 1 is 1.15 bits per heavy atom. The molecule has 2 aromatic carbocycles. The number of nitrogens with zero attached hydrogens (tertiary/aromatic N) is 2. The molecular weight excluding hydrogens is 466 g/mol. The number of hydrogen-bond acceptors (Lipinski definition) is 5. The average Bonchev–Trinajstić information content (AvgIpc) is 2.78. The number of hydrogen-bond donors (Lipinski definition) is 1. The molecule has 2 amide bonds.